The predicted molar refractivity (Wildman–Crippen MR) is 69.1 cm³/mol. The normalized spacial score (nSPS) is 12.9. The molecule has 0 radical (unpaired) electrons. The van der Waals surface area contributed by atoms with Crippen molar-refractivity contribution >= 4 is 29.8 Å². The fourth-order valence-electron chi connectivity index (χ4n) is 1.75. The van der Waals surface area contributed by atoms with Gasteiger partial charge in [-0.25, -0.2) is 0 Å². The second-order valence-electron chi connectivity index (χ2n) is 3.72. The minimum atomic E-state index is 0.529. The Bertz CT molecular complexity index is 593. The summed E-state index contributed by atoms with van der Waals surface area (Å²) in [6.07, 6.45) is 0. The van der Waals surface area contributed by atoms with E-state index in [4.69, 9.17) is 12.2 Å². The van der Waals surface area contributed by atoms with E-state index in [0.29, 0.717) is 10.7 Å². The number of nitrogens with one attached hydrogen (secondary N) is 2. The van der Waals surface area contributed by atoms with Crippen LogP contribution in [-0.4, -0.2) is 21.1 Å². The van der Waals surface area contributed by atoms with Crippen LogP contribution in [0.25, 0.3) is 0 Å². The summed E-state index contributed by atoms with van der Waals surface area (Å²) in [5, 5.41) is 6.30. The lowest BCUT2D eigenvalue weighted by molar-refractivity contribution is 0.752. The van der Waals surface area contributed by atoms with Crippen molar-refractivity contribution in [1.29, 1.82) is 0 Å². The highest BCUT2D eigenvalue weighted by molar-refractivity contribution is 7.71. The molecule has 0 unspecified atom stereocenters. The van der Waals surface area contributed by atoms with Crippen LogP contribution in [0, 0.1) is 4.77 Å². The quantitative estimate of drug-likeness (QED) is 0.794. The lowest BCUT2D eigenvalue weighted by atomic mass is 10.3. The van der Waals surface area contributed by atoms with Crippen LogP contribution in [0.5, 0.6) is 0 Å². The third-order valence-electron chi connectivity index (χ3n) is 2.55. The average molecular weight is 245 g/mol. The van der Waals surface area contributed by atoms with Crippen LogP contribution in [0.4, 0.5) is 17.6 Å². The Kier molecular flexibility index (Phi) is 2.49. The van der Waals surface area contributed by atoms with Crippen LogP contribution in [0.15, 0.2) is 30.3 Å². The maximum Gasteiger partial charge on any atom is 0.233 e. The molecule has 0 aliphatic carbocycles. The first-order valence-electron chi connectivity index (χ1n) is 5.38. The minimum absolute atomic E-state index is 0.529. The predicted octanol–water partition coefficient (Wildman–Crippen LogP) is 2.18. The van der Waals surface area contributed by atoms with Crippen molar-refractivity contribution < 1.29 is 0 Å². The second-order valence-corrected chi connectivity index (χ2v) is 4.09. The molecule has 6 heteroatoms. The van der Waals surface area contributed by atoms with Gasteiger partial charge in [-0.2, -0.15) is 9.97 Å². The zero-order chi connectivity index (χ0) is 11.7. The van der Waals surface area contributed by atoms with Crippen molar-refractivity contribution in [3.8, 4) is 0 Å². The zero-order valence-electron chi connectivity index (χ0n) is 9.05. The minimum Gasteiger partial charge on any atom is -0.354 e. The Hall–Kier alpha value is -1.95. The number of anilines is 3. The molecule has 5 nitrogen and oxygen atoms in total. The van der Waals surface area contributed by atoms with E-state index in [9.17, 15) is 0 Å². The van der Waals surface area contributed by atoms with Gasteiger partial charge in [0.15, 0.2) is 0 Å². The number of para-hydroxylation sites is 1. The van der Waals surface area contributed by atoms with Crippen LogP contribution in [0.3, 0.4) is 0 Å². The Balaban J connectivity index is 1.95. The number of hydrogen-bond donors (Lipinski definition) is 2. The van der Waals surface area contributed by atoms with Gasteiger partial charge in [-0.15, -0.1) is 0 Å². The average Bonchev–Trinajstić information content (AvgIpc) is 2.79. The van der Waals surface area contributed by atoms with Gasteiger partial charge in [-0.05, 0) is 24.4 Å². The molecular formula is C11H11N5S. The molecule has 0 fully saturated rings. The summed E-state index contributed by atoms with van der Waals surface area (Å²) in [7, 11) is 0. The molecule has 2 heterocycles. The highest BCUT2D eigenvalue weighted by atomic mass is 32.1. The van der Waals surface area contributed by atoms with Crippen LogP contribution < -0.4 is 10.6 Å². The number of hydrogen-bond acceptors (Lipinski definition) is 5. The summed E-state index contributed by atoms with van der Waals surface area (Å²) >= 11 is 5.21. The summed E-state index contributed by atoms with van der Waals surface area (Å²) < 4.78 is 2.45. The number of benzene rings is 1. The van der Waals surface area contributed by atoms with Crippen molar-refractivity contribution in [2.45, 2.75) is 6.54 Å². The third kappa shape index (κ3) is 1.99. The molecule has 0 saturated carbocycles. The van der Waals surface area contributed by atoms with Gasteiger partial charge in [0.05, 0.1) is 0 Å². The summed E-state index contributed by atoms with van der Waals surface area (Å²) in [6.45, 7) is 1.69. The first-order valence-corrected chi connectivity index (χ1v) is 5.78. The molecule has 86 valence electrons. The number of nitrogens with zero attached hydrogens (tertiary/aromatic N) is 3. The fourth-order valence-corrected chi connectivity index (χ4v) is 2.01. The fraction of sp³-hybridized carbons (Fsp3) is 0.182. The van der Waals surface area contributed by atoms with Crippen molar-refractivity contribution in [2.75, 3.05) is 17.2 Å². The van der Waals surface area contributed by atoms with Gasteiger partial charge >= 0.3 is 0 Å². The molecule has 3 rings (SSSR count). The Morgan fingerprint density at radius 2 is 2.06 bits per heavy atom. The maximum atomic E-state index is 5.21. The van der Waals surface area contributed by atoms with E-state index in [0.717, 1.165) is 24.7 Å². The molecule has 1 aliphatic rings. The Morgan fingerprint density at radius 1 is 1.24 bits per heavy atom. The van der Waals surface area contributed by atoms with Crippen LogP contribution in [0.2, 0.25) is 0 Å². The molecule has 1 aliphatic heterocycles. The number of fused-ring (bicyclic) bond motifs is 1. The first-order chi connectivity index (χ1) is 8.33. The molecule has 2 aromatic rings. The summed E-state index contributed by atoms with van der Waals surface area (Å²) in [5.41, 5.74) is 0.949. The molecule has 0 amide bonds. The van der Waals surface area contributed by atoms with E-state index in [2.05, 4.69) is 20.6 Å². The summed E-state index contributed by atoms with van der Waals surface area (Å²) in [4.78, 5) is 8.63. The molecule has 0 bridgehead atoms. The molecule has 1 aromatic heterocycles. The van der Waals surface area contributed by atoms with E-state index in [1.165, 1.54) is 0 Å². The molecule has 2 N–H and O–H groups in total. The number of aromatic nitrogens is 3. The summed E-state index contributed by atoms with van der Waals surface area (Å²) in [5.74, 6) is 1.31. The molecule has 17 heavy (non-hydrogen) atoms. The van der Waals surface area contributed by atoms with Crippen molar-refractivity contribution in [1.82, 2.24) is 14.5 Å². The van der Waals surface area contributed by atoms with Gasteiger partial charge in [0.1, 0.15) is 0 Å². The molecular weight excluding hydrogens is 234 g/mol. The third-order valence-corrected chi connectivity index (χ3v) is 2.86. The lowest BCUT2D eigenvalue weighted by Gasteiger charge is -2.07. The van der Waals surface area contributed by atoms with Gasteiger partial charge in [0.25, 0.3) is 0 Å². The van der Waals surface area contributed by atoms with Crippen LogP contribution in [-0.2, 0) is 6.54 Å². The van der Waals surface area contributed by atoms with Gasteiger partial charge in [0.2, 0.25) is 16.7 Å². The zero-order valence-corrected chi connectivity index (χ0v) is 9.87. The molecule has 1 aromatic carbocycles. The smallest absolute Gasteiger partial charge is 0.233 e. The van der Waals surface area contributed by atoms with E-state index in [-0.39, 0.29) is 0 Å². The topological polar surface area (TPSA) is 54.8 Å². The number of rotatable bonds is 2. The molecule has 0 saturated heterocycles. The Labute approximate surface area is 104 Å². The lowest BCUT2D eigenvalue weighted by Crippen LogP contribution is -2.05. The van der Waals surface area contributed by atoms with Crippen LogP contribution >= 0.6 is 12.2 Å². The highest BCUT2D eigenvalue weighted by Crippen LogP contribution is 2.16. The maximum absolute atomic E-state index is 5.21. The van der Waals surface area contributed by atoms with E-state index >= 15 is 0 Å². The van der Waals surface area contributed by atoms with Crippen molar-refractivity contribution in [3.63, 3.8) is 0 Å². The van der Waals surface area contributed by atoms with Crippen molar-refractivity contribution in [2.24, 2.45) is 0 Å². The van der Waals surface area contributed by atoms with E-state index < -0.39 is 0 Å². The molecule has 0 atom stereocenters. The monoisotopic (exact) mass is 245 g/mol. The largest absolute Gasteiger partial charge is 0.354 e. The standard InChI is InChI=1S/C11H11N5S/c17-11-15-9(13-8-4-2-1-3-5-8)14-10-12-6-7-16(10)11/h1-5H,6-7H2,(H2,12,13,14,15,17). The second kappa shape index (κ2) is 4.14. The first kappa shape index (κ1) is 10.2. The van der Waals surface area contributed by atoms with Gasteiger partial charge in [-0.3, -0.25) is 4.57 Å². The SMILES string of the molecule is S=c1nc(Nc2ccccc2)nc2n1CCN2. The molecule has 0 spiro atoms. The van der Waals surface area contributed by atoms with Crippen molar-refractivity contribution in [3.05, 3.63) is 35.1 Å². The van der Waals surface area contributed by atoms with E-state index in [1.807, 2.05) is 34.9 Å². The summed E-state index contributed by atoms with van der Waals surface area (Å²) in [6, 6.07) is 9.79. The Morgan fingerprint density at radius 3 is 2.88 bits per heavy atom. The van der Waals surface area contributed by atoms with E-state index in [1.54, 1.807) is 0 Å². The van der Waals surface area contributed by atoms with Gasteiger partial charge in [-0.1, -0.05) is 18.2 Å². The van der Waals surface area contributed by atoms with Gasteiger partial charge < -0.3 is 10.6 Å². The van der Waals surface area contributed by atoms with Crippen LogP contribution in [0.1, 0.15) is 0 Å². The highest BCUT2D eigenvalue weighted by Gasteiger charge is 2.12. The van der Waals surface area contributed by atoms with Gasteiger partial charge in [0, 0.05) is 18.8 Å².